The number of nitrogens with zero attached hydrogens (tertiary/aromatic N) is 1. The number of nitrogens with one attached hydrogen (secondary N) is 1. The Kier molecular flexibility index (Phi) is 5.57. The highest BCUT2D eigenvalue weighted by molar-refractivity contribution is 9.09. The summed E-state index contributed by atoms with van der Waals surface area (Å²) < 4.78 is 5.18. The summed E-state index contributed by atoms with van der Waals surface area (Å²) in [5.74, 6) is 0.127. The maximum atomic E-state index is 11.4. The van der Waals surface area contributed by atoms with Crippen LogP contribution in [0.3, 0.4) is 0 Å². The van der Waals surface area contributed by atoms with Gasteiger partial charge in [0.25, 0.3) is 5.69 Å². The minimum atomic E-state index is -0.549. The van der Waals surface area contributed by atoms with E-state index in [1.54, 1.807) is 13.0 Å². The van der Waals surface area contributed by atoms with Gasteiger partial charge in [0.15, 0.2) is 0 Å². The zero-order chi connectivity index (χ0) is 13.5. The predicted octanol–water partition coefficient (Wildman–Crippen LogP) is 2.72. The molecule has 0 atom stereocenters. The molecule has 0 bridgehead atoms. The van der Waals surface area contributed by atoms with Crippen molar-refractivity contribution < 1.29 is 14.5 Å². The first-order valence-electron chi connectivity index (χ1n) is 5.35. The Morgan fingerprint density at radius 2 is 2.28 bits per heavy atom. The van der Waals surface area contributed by atoms with E-state index in [4.69, 9.17) is 4.74 Å². The number of nitro benzene ring substituents is 1. The second-order valence-corrected chi connectivity index (χ2v) is 4.15. The fraction of sp³-hybridized carbons (Fsp3) is 0.364. The molecule has 1 N–H and O–H groups in total. The topological polar surface area (TPSA) is 81.5 Å². The molecule has 0 fully saturated rings. The average Bonchev–Trinajstić information content (AvgIpc) is 2.31. The Bertz CT molecular complexity index is 451. The van der Waals surface area contributed by atoms with E-state index in [0.717, 1.165) is 0 Å². The summed E-state index contributed by atoms with van der Waals surface area (Å²) in [7, 11) is 0. The van der Waals surface area contributed by atoms with Crippen molar-refractivity contribution in [2.24, 2.45) is 0 Å². The van der Waals surface area contributed by atoms with E-state index in [1.165, 1.54) is 12.1 Å². The number of hydrogen-bond donors (Lipinski definition) is 1. The Labute approximate surface area is 113 Å². The van der Waals surface area contributed by atoms with Gasteiger partial charge in [0, 0.05) is 11.8 Å². The van der Waals surface area contributed by atoms with Gasteiger partial charge >= 0.3 is 0 Å². The molecule has 1 amide bonds. The first-order valence-corrected chi connectivity index (χ1v) is 6.47. The van der Waals surface area contributed by atoms with Crippen LogP contribution < -0.4 is 10.1 Å². The van der Waals surface area contributed by atoms with Crippen LogP contribution in [0.15, 0.2) is 18.2 Å². The molecule has 1 aromatic rings. The van der Waals surface area contributed by atoms with Gasteiger partial charge in [0.2, 0.25) is 5.91 Å². The lowest BCUT2D eigenvalue weighted by Gasteiger charge is -2.07. The fourth-order valence-electron chi connectivity index (χ4n) is 1.32. The predicted molar refractivity (Wildman–Crippen MR) is 71.3 cm³/mol. The first kappa shape index (κ1) is 14.4. The van der Waals surface area contributed by atoms with Gasteiger partial charge in [0.1, 0.15) is 11.4 Å². The summed E-state index contributed by atoms with van der Waals surface area (Å²) in [4.78, 5) is 21.8. The van der Waals surface area contributed by atoms with Crippen molar-refractivity contribution >= 4 is 33.2 Å². The second kappa shape index (κ2) is 6.95. The molecule has 0 radical (unpaired) electrons. The molecule has 7 heteroatoms. The lowest BCUT2D eigenvalue weighted by molar-refractivity contribution is -0.384. The minimum absolute atomic E-state index is 0.175. The number of anilines is 1. The van der Waals surface area contributed by atoms with Crippen molar-refractivity contribution in [3.8, 4) is 5.75 Å². The number of hydrogen-bond acceptors (Lipinski definition) is 4. The molecule has 0 spiro atoms. The van der Waals surface area contributed by atoms with Gasteiger partial charge in [-0.25, -0.2) is 0 Å². The number of benzene rings is 1. The lowest BCUT2D eigenvalue weighted by Crippen LogP contribution is -2.13. The number of halogens is 1. The van der Waals surface area contributed by atoms with Crippen LogP contribution in [0.1, 0.15) is 13.3 Å². The Balaban J connectivity index is 2.96. The Hall–Kier alpha value is -1.63. The third-order valence-corrected chi connectivity index (χ3v) is 2.47. The fourth-order valence-corrected chi connectivity index (χ4v) is 1.68. The molecule has 1 rings (SSSR count). The van der Waals surface area contributed by atoms with E-state index in [-0.39, 0.29) is 23.7 Å². The number of amides is 1. The van der Waals surface area contributed by atoms with E-state index in [0.29, 0.717) is 17.7 Å². The molecule has 0 saturated carbocycles. The number of rotatable bonds is 6. The number of ether oxygens (including phenoxy) is 1. The minimum Gasteiger partial charge on any atom is -0.494 e. The van der Waals surface area contributed by atoms with Crippen LogP contribution >= 0.6 is 15.9 Å². The van der Waals surface area contributed by atoms with Gasteiger partial charge in [-0.3, -0.25) is 14.9 Å². The molecule has 0 aliphatic carbocycles. The van der Waals surface area contributed by atoms with Crippen molar-refractivity contribution in [2.75, 3.05) is 17.3 Å². The molecule has 98 valence electrons. The summed E-state index contributed by atoms with van der Waals surface area (Å²) in [6, 6.07) is 4.35. The average molecular weight is 317 g/mol. The molecule has 0 unspecified atom stereocenters. The van der Waals surface area contributed by atoms with Crippen LogP contribution in [0.25, 0.3) is 0 Å². The van der Waals surface area contributed by atoms with E-state index in [2.05, 4.69) is 21.2 Å². The van der Waals surface area contributed by atoms with Gasteiger partial charge in [0.05, 0.1) is 17.6 Å². The number of nitro groups is 1. The summed E-state index contributed by atoms with van der Waals surface area (Å²) in [6.45, 7) is 2.21. The summed E-state index contributed by atoms with van der Waals surface area (Å²) in [6.07, 6.45) is 0.254. The zero-order valence-corrected chi connectivity index (χ0v) is 11.4. The highest BCUT2D eigenvalue weighted by Crippen LogP contribution is 2.29. The van der Waals surface area contributed by atoms with Gasteiger partial charge in [-0.2, -0.15) is 0 Å². The number of carbonyl (C=O) groups is 1. The second-order valence-electron chi connectivity index (χ2n) is 3.36. The maximum Gasteiger partial charge on any atom is 0.296 e. The van der Waals surface area contributed by atoms with Gasteiger partial charge in [-0.15, -0.1) is 0 Å². The lowest BCUT2D eigenvalue weighted by atomic mass is 10.2. The van der Waals surface area contributed by atoms with Crippen molar-refractivity contribution in [1.29, 1.82) is 0 Å². The monoisotopic (exact) mass is 316 g/mol. The quantitative estimate of drug-likeness (QED) is 0.497. The molecule has 0 aliphatic rings. The van der Waals surface area contributed by atoms with E-state index in [9.17, 15) is 14.9 Å². The van der Waals surface area contributed by atoms with Crippen LogP contribution in [0.4, 0.5) is 11.4 Å². The van der Waals surface area contributed by atoms with E-state index >= 15 is 0 Å². The molecule has 6 nitrogen and oxygen atoms in total. The molecular formula is C11H13BrN2O4. The molecule has 0 heterocycles. The Morgan fingerprint density at radius 1 is 1.56 bits per heavy atom. The van der Waals surface area contributed by atoms with Crippen LogP contribution in [-0.2, 0) is 4.79 Å². The van der Waals surface area contributed by atoms with Gasteiger partial charge in [-0.05, 0) is 19.1 Å². The highest BCUT2D eigenvalue weighted by atomic mass is 79.9. The third-order valence-electron chi connectivity index (χ3n) is 2.07. The van der Waals surface area contributed by atoms with Crippen LogP contribution in [0.5, 0.6) is 5.75 Å². The van der Waals surface area contributed by atoms with Gasteiger partial charge in [-0.1, -0.05) is 15.9 Å². The van der Waals surface area contributed by atoms with E-state index in [1.807, 2.05) is 0 Å². The molecule has 1 aromatic carbocycles. The van der Waals surface area contributed by atoms with Crippen LogP contribution in [-0.4, -0.2) is 22.8 Å². The van der Waals surface area contributed by atoms with E-state index < -0.39 is 4.92 Å². The Morgan fingerprint density at radius 3 is 2.83 bits per heavy atom. The zero-order valence-electron chi connectivity index (χ0n) is 9.81. The number of alkyl halides is 1. The standard InChI is InChI=1S/C11H13BrN2O4/c1-2-18-8-3-4-9(10(7-8)14(16)17)13-11(15)5-6-12/h3-4,7H,2,5-6H2,1H3,(H,13,15). The van der Waals surface area contributed by atoms with Crippen molar-refractivity contribution in [3.05, 3.63) is 28.3 Å². The molecule has 0 aliphatic heterocycles. The van der Waals surface area contributed by atoms with Crippen molar-refractivity contribution in [1.82, 2.24) is 0 Å². The summed E-state index contributed by atoms with van der Waals surface area (Å²) in [5, 5.41) is 13.9. The molecule has 0 aromatic heterocycles. The van der Waals surface area contributed by atoms with Crippen LogP contribution in [0.2, 0.25) is 0 Å². The molecular weight excluding hydrogens is 304 g/mol. The number of carbonyl (C=O) groups excluding carboxylic acids is 1. The maximum absolute atomic E-state index is 11.4. The highest BCUT2D eigenvalue weighted by Gasteiger charge is 2.16. The first-order chi connectivity index (χ1) is 8.58. The normalized spacial score (nSPS) is 9.89. The SMILES string of the molecule is CCOc1ccc(NC(=O)CCBr)c([N+](=O)[O-])c1. The van der Waals surface area contributed by atoms with Crippen LogP contribution in [0, 0.1) is 10.1 Å². The van der Waals surface area contributed by atoms with Gasteiger partial charge < -0.3 is 10.1 Å². The summed E-state index contributed by atoms with van der Waals surface area (Å²) in [5.41, 5.74) is -0.00160. The van der Waals surface area contributed by atoms with Crippen molar-refractivity contribution in [3.63, 3.8) is 0 Å². The largest absolute Gasteiger partial charge is 0.494 e. The third kappa shape index (κ3) is 3.99. The molecule has 0 saturated heterocycles. The molecule has 18 heavy (non-hydrogen) atoms. The van der Waals surface area contributed by atoms with Crippen molar-refractivity contribution in [2.45, 2.75) is 13.3 Å². The summed E-state index contributed by atoms with van der Waals surface area (Å²) >= 11 is 3.13. The smallest absolute Gasteiger partial charge is 0.296 e.